The van der Waals surface area contributed by atoms with Gasteiger partial charge < -0.3 is 10.2 Å². The third-order valence-corrected chi connectivity index (χ3v) is 3.88. The Morgan fingerprint density at radius 1 is 1.67 bits per heavy atom. The van der Waals surface area contributed by atoms with E-state index in [0.717, 1.165) is 13.0 Å². The molecule has 1 aliphatic rings. The van der Waals surface area contributed by atoms with Crippen molar-refractivity contribution >= 4 is 11.3 Å². The molecule has 0 aromatic carbocycles. The molecule has 2 rings (SSSR count). The number of thiazole rings is 1. The largest absolute Gasteiger partial charge is 0.316 e. The van der Waals surface area contributed by atoms with E-state index in [1.54, 1.807) is 11.3 Å². The average Bonchev–Trinajstić information content (AvgIpc) is 2.79. The summed E-state index contributed by atoms with van der Waals surface area (Å²) in [6.07, 6.45) is 5.65. The maximum Gasteiger partial charge on any atom is 0.0937 e. The van der Waals surface area contributed by atoms with Gasteiger partial charge in [-0.25, -0.2) is 4.98 Å². The molecule has 1 aliphatic heterocycles. The highest BCUT2D eigenvalue weighted by atomic mass is 32.1. The molecule has 84 valence electrons. The first kappa shape index (κ1) is 11.0. The lowest BCUT2D eigenvalue weighted by Crippen LogP contribution is -2.44. The second-order valence-electron chi connectivity index (χ2n) is 4.10. The van der Waals surface area contributed by atoms with E-state index in [9.17, 15) is 0 Å². The Morgan fingerprint density at radius 2 is 2.60 bits per heavy atom. The molecule has 2 heterocycles. The Bertz CT molecular complexity index is 273. The molecule has 1 unspecified atom stereocenters. The number of aromatic nitrogens is 1. The van der Waals surface area contributed by atoms with Crippen LogP contribution in [0.4, 0.5) is 0 Å². The fourth-order valence-electron chi connectivity index (χ4n) is 2.12. The summed E-state index contributed by atoms with van der Waals surface area (Å²) < 4.78 is 0. The van der Waals surface area contributed by atoms with Crippen molar-refractivity contribution in [1.82, 2.24) is 15.2 Å². The highest BCUT2D eigenvalue weighted by Crippen LogP contribution is 2.11. The third-order valence-electron chi connectivity index (χ3n) is 3.04. The number of piperidine rings is 1. The number of nitrogens with one attached hydrogen (secondary N) is 1. The second kappa shape index (κ2) is 5.58. The summed E-state index contributed by atoms with van der Waals surface area (Å²) in [6.45, 7) is 3.61. The van der Waals surface area contributed by atoms with E-state index in [1.807, 2.05) is 6.20 Å². The molecule has 0 spiro atoms. The summed E-state index contributed by atoms with van der Waals surface area (Å²) in [7, 11) is 2.06. The summed E-state index contributed by atoms with van der Waals surface area (Å²) in [5.41, 5.74) is 0. The number of likely N-dealkylation sites (tertiary alicyclic amines) is 1. The van der Waals surface area contributed by atoms with Crippen LogP contribution < -0.4 is 5.32 Å². The monoisotopic (exact) mass is 225 g/mol. The number of likely N-dealkylation sites (N-methyl/N-ethyl adjacent to an activating group) is 1. The van der Waals surface area contributed by atoms with Gasteiger partial charge in [0.25, 0.3) is 0 Å². The molecule has 1 aromatic heterocycles. The van der Waals surface area contributed by atoms with E-state index in [2.05, 4.69) is 27.6 Å². The van der Waals surface area contributed by atoms with E-state index < -0.39 is 0 Å². The maximum absolute atomic E-state index is 4.32. The van der Waals surface area contributed by atoms with Crippen molar-refractivity contribution < 1.29 is 0 Å². The minimum absolute atomic E-state index is 0.690. The number of nitrogens with zero attached hydrogens (tertiary/aromatic N) is 2. The number of hydrogen-bond acceptors (Lipinski definition) is 4. The fraction of sp³-hybridized carbons (Fsp3) is 0.727. The summed E-state index contributed by atoms with van der Waals surface area (Å²) in [5.74, 6) is 0. The summed E-state index contributed by atoms with van der Waals surface area (Å²) in [5, 5.41) is 6.70. The molecule has 1 aromatic rings. The standard InChI is InChI=1S/C11H19N3S/c1-12-10-3-2-6-14(9-10)7-4-11-13-5-8-15-11/h5,8,10,12H,2-4,6-7,9H2,1H3. The van der Waals surface area contributed by atoms with Crippen LogP contribution in [0.2, 0.25) is 0 Å². The van der Waals surface area contributed by atoms with E-state index in [1.165, 1.54) is 30.9 Å². The zero-order chi connectivity index (χ0) is 10.5. The molecule has 0 radical (unpaired) electrons. The predicted octanol–water partition coefficient (Wildman–Crippen LogP) is 1.37. The van der Waals surface area contributed by atoms with Crippen molar-refractivity contribution in [3.8, 4) is 0 Å². The van der Waals surface area contributed by atoms with Gasteiger partial charge in [-0.3, -0.25) is 0 Å². The molecular weight excluding hydrogens is 206 g/mol. The van der Waals surface area contributed by atoms with Gasteiger partial charge in [0, 0.05) is 37.1 Å². The molecule has 1 saturated heterocycles. The smallest absolute Gasteiger partial charge is 0.0937 e. The topological polar surface area (TPSA) is 28.2 Å². The van der Waals surface area contributed by atoms with E-state index in [-0.39, 0.29) is 0 Å². The van der Waals surface area contributed by atoms with Crippen LogP contribution in [0, 0.1) is 0 Å². The molecule has 1 N–H and O–H groups in total. The first-order valence-electron chi connectivity index (χ1n) is 5.66. The van der Waals surface area contributed by atoms with Crippen LogP contribution in [0.3, 0.4) is 0 Å². The molecular formula is C11H19N3S. The maximum atomic E-state index is 4.32. The van der Waals surface area contributed by atoms with Crippen molar-refractivity contribution in [2.75, 3.05) is 26.7 Å². The molecule has 1 fully saturated rings. The van der Waals surface area contributed by atoms with Gasteiger partial charge in [-0.1, -0.05) is 0 Å². The van der Waals surface area contributed by atoms with Gasteiger partial charge in [-0.15, -0.1) is 11.3 Å². The molecule has 0 amide bonds. The normalized spacial score (nSPS) is 23.1. The molecule has 0 saturated carbocycles. The van der Waals surface area contributed by atoms with Crippen LogP contribution in [0.1, 0.15) is 17.8 Å². The Balaban J connectivity index is 1.74. The summed E-state index contributed by atoms with van der Waals surface area (Å²) in [4.78, 5) is 6.86. The first-order valence-corrected chi connectivity index (χ1v) is 6.54. The van der Waals surface area contributed by atoms with Crippen LogP contribution in [-0.2, 0) is 6.42 Å². The molecule has 3 nitrogen and oxygen atoms in total. The minimum Gasteiger partial charge on any atom is -0.316 e. The van der Waals surface area contributed by atoms with Gasteiger partial charge in [0.2, 0.25) is 0 Å². The highest BCUT2D eigenvalue weighted by Gasteiger charge is 2.17. The van der Waals surface area contributed by atoms with Gasteiger partial charge >= 0.3 is 0 Å². The number of hydrogen-bond donors (Lipinski definition) is 1. The predicted molar refractivity (Wildman–Crippen MR) is 64.3 cm³/mol. The Hall–Kier alpha value is -0.450. The number of rotatable bonds is 4. The summed E-state index contributed by atoms with van der Waals surface area (Å²) >= 11 is 1.76. The van der Waals surface area contributed by atoms with Crippen LogP contribution >= 0.6 is 11.3 Å². The van der Waals surface area contributed by atoms with Crippen LogP contribution in [0.15, 0.2) is 11.6 Å². The molecule has 1 atom stereocenters. The molecule has 0 aliphatic carbocycles. The van der Waals surface area contributed by atoms with Gasteiger partial charge in [0.15, 0.2) is 0 Å². The lowest BCUT2D eigenvalue weighted by molar-refractivity contribution is 0.197. The molecule has 4 heteroatoms. The van der Waals surface area contributed by atoms with Gasteiger partial charge in [0.1, 0.15) is 0 Å². The first-order chi connectivity index (χ1) is 7.38. The molecule has 15 heavy (non-hydrogen) atoms. The van der Waals surface area contributed by atoms with Crippen molar-refractivity contribution in [2.45, 2.75) is 25.3 Å². The Labute approximate surface area is 95.5 Å². The van der Waals surface area contributed by atoms with Crippen LogP contribution in [0.5, 0.6) is 0 Å². The lowest BCUT2D eigenvalue weighted by atomic mass is 10.1. The minimum atomic E-state index is 0.690. The zero-order valence-corrected chi connectivity index (χ0v) is 10.1. The van der Waals surface area contributed by atoms with E-state index in [0.29, 0.717) is 6.04 Å². The van der Waals surface area contributed by atoms with Crippen LogP contribution in [-0.4, -0.2) is 42.6 Å². The van der Waals surface area contributed by atoms with Gasteiger partial charge in [0.05, 0.1) is 5.01 Å². The van der Waals surface area contributed by atoms with E-state index >= 15 is 0 Å². The second-order valence-corrected chi connectivity index (χ2v) is 5.08. The summed E-state index contributed by atoms with van der Waals surface area (Å²) in [6, 6.07) is 0.690. The quantitative estimate of drug-likeness (QED) is 0.839. The molecule has 0 bridgehead atoms. The van der Waals surface area contributed by atoms with Crippen molar-refractivity contribution in [1.29, 1.82) is 0 Å². The SMILES string of the molecule is CNC1CCCN(CCc2nccs2)C1. The Morgan fingerprint density at radius 3 is 3.33 bits per heavy atom. The fourth-order valence-corrected chi connectivity index (χ4v) is 2.73. The van der Waals surface area contributed by atoms with Gasteiger partial charge in [-0.2, -0.15) is 0 Å². The lowest BCUT2D eigenvalue weighted by Gasteiger charge is -2.32. The van der Waals surface area contributed by atoms with Crippen molar-refractivity contribution in [2.24, 2.45) is 0 Å². The van der Waals surface area contributed by atoms with Crippen molar-refractivity contribution in [3.05, 3.63) is 16.6 Å². The van der Waals surface area contributed by atoms with Crippen LogP contribution in [0.25, 0.3) is 0 Å². The third kappa shape index (κ3) is 3.26. The highest BCUT2D eigenvalue weighted by molar-refractivity contribution is 7.09. The Kier molecular flexibility index (Phi) is 4.11. The van der Waals surface area contributed by atoms with E-state index in [4.69, 9.17) is 0 Å². The van der Waals surface area contributed by atoms with Gasteiger partial charge in [-0.05, 0) is 26.4 Å². The zero-order valence-electron chi connectivity index (χ0n) is 9.28. The van der Waals surface area contributed by atoms with Crippen molar-refractivity contribution in [3.63, 3.8) is 0 Å². The average molecular weight is 225 g/mol.